The van der Waals surface area contributed by atoms with Crippen LogP contribution in [0.25, 0.3) is 0 Å². The van der Waals surface area contributed by atoms with Gasteiger partial charge in [0.15, 0.2) is 0 Å². The SMILES string of the molecule is COC1CCN(S(=O)(=O)CCl)C1. The highest BCUT2D eigenvalue weighted by molar-refractivity contribution is 7.90. The van der Waals surface area contributed by atoms with Crippen molar-refractivity contribution >= 4 is 21.6 Å². The topological polar surface area (TPSA) is 46.6 Å². The second-order valence-electron chi connectivity index (χ2n) is 2.73. The van der Waals surface area contributed by atoms with Gasteiger partial charge in [0, 0.05) is 20.2 Å². The number of alkyl halides is 1. The first-order valence-corrected chi connectivity index (χ1v) is 5.81. The molecule has 0 bridgehead atoms. The molecule has 1 fully saturated rings. The summed E-state index contributed by atoms with van der Waals surface area (Å²) >= 11 is 5.29. The van der Waals surface area contributed by atoms with Crippen LogP contribution in [-0.2, 0) is 14.8 Å². The molecule has 1 heterocycles. The summed E-state index contributed by atoms with van der Waals surface area (Å²) in [5, 5.41) is -0.344. The molecule has 0 N–H and O–H groups in total. The molecule has 12 heavy (non-hydrogen) atoms. The van der Waals surface area contributed by atoms with Gasteiger partial charge in [0.1, 0.15) is 5.21 Å². The fourth-order valence-electron chi connectivity index (χ4n) is 1.21. The third-order valence-electron chi connectivity index (χ3n) is 1.97. The Hall–Kier alpha value is 0.160. The summed E-state index contributed by atoms with van der Waals surface area (Å²) in [5.41, 5.74) is 0. The van der Waals surface area contributed by atoms with Crippen LogP contribution < -0.4 is 0 Å². The van der Waals surface area contributed by atoms with Crippen LogP contribution in [0, 0.1) is 0 Å². The lowest BCUT2D eigenvalue weighted by Gasteiger charge is -2.13. The number of ether oxygens (including phenoxy) is 1. The number of nitrogens with zero attached hydrogens (tertiary/aromatic N) is 1. The lowest BCUT2D eigenvalue weighted by molar-refractivity contribution is 0.115. The summed E-state index contributed by atoms with van der Waals surface area (Å²) in [6, 6.07) is 0. The quantitative estimate of drug-likeness (QED) is 0.631. The van der Waals surface area contributed by atoms with Crippen LogP contribution >= 0.6 is 11.6 Å². The molecule has 72 valence electrons. The van der Waals surface area contributed by atoms with Crippen LogP contribution in [0.15, 0.2) is 0 Å². The van der Waals surface area contributed by atoms with Crippen molar-refractivity contribution in [2.24, 2.45) is 0 Å². The molecule has 0 aliphatic carbocycles. The van der Waals surface area contributed by atoms with E-state index in [1.165, 1.54) is 4.31 Å². The monoisotopic (exact) mass is 213 g/mol. The lowest BCUT2D eigenvalue weighted by atomic mass is 10.3. The molecule has 6 heteroatoms. The van der Waals surface area contributed by atoms with Crippen molar-refractivity contribution in [3.8, 4) is 0 Å². The van der Waals surface area contributed by atoms with E-state index in [4.69, 9.17) is 16.3 Å². The number of hydrogen-bond donors (Lipinski definition) is 0. The molecule has 1 aliphatic rings. The van der Waals surface area contributed by atoms with Gasteiger partial charge in [-0.25, -0.2) is 8.42 Å². The fraction of sp³-hybridized carbons (Fsp3) is 1.00. The minimum absolute atomic E-state index is 0.0305. The summed E-state index contributed by atoms with van der Waals surface area (Å²) < 4.78 is 28.8. The average Bonchev–Trinajstić information content (AvgIpc) is 2.52. The Morgan fingerprint density at radius 2 is 2.33 bits per heavy atom. The zero-order chi connectivity index (χ0) is 9.19. The maximum Gasteiger partial charge on any atom is 0.228 e. The third kappa shape index (κ3) is 2.10. The van der Waals surface area contributed by atoms with Crippen LogP contribution in [-0.4, -0.2) is 44.2 Å². The second-order valence-corrected chi connectivity index (χ2v) is 5.28. The zero-order valence-corrected chi connectivity index (χ0v) is 8.44. The Kier molecular flexibility index (Phi) is 3.34. The summed E-state index contributed by atoms with van der Waals surface area (Å²) in [7, 11) is -1.64. The molecule has 0 aromatic rings. The molecule has 1 atom stereocenters. The van der Waals surface area contributed by atoms with Crippen LogP contribution in [0.4, 0.5) is 0 Å². The molecule has 1 unspecified atom stereocenters. The first-order valence-electron chi connectivity index (χ1n) is 3.66. The predicted molar refractivity (Wildman–Crippen MR) is 46.6 cm³/mol. The van der Waals surface area contributed by atoms with E-state index in [9.17, 15) is 8.42 Å². The van der Waals surface area contributed by atoms with E-state index < -0.39 is 10.0 Å². The number of hydrogen-bond acceptors (Lipinski definition) is 3. The van der Waals surface area contributed by atoms with Gasteiger partial charge in [-0.2, -0.15) is 4.31 Å². The second kappa shape index (κ2) is 3.91. The average molecular weight is 214 g/mol. The van der Waals surface area contributed by atoms with Gasteiger partial charge in [-0.3, -0.25) is 0 Å². The highest BCUT2D eigenvalue weighted by Gasteiger charge is 2.30. The van der Waals surface area contributed by atoms with E-state index in [0.29, 0.717) is 13.1 Å². The molecule has 0 saturated carbocycles. The van der Waals surface area contributed by atoms with Gasteiger partial charge in [0.25, 0.3) is 0 Å². The molecule has 0 radical (unpaired) electrons. The van der Waals surface area contributed by atoms with Gasteiger partial charge in [-0.15, -0.1) is 11.6 Å². The van der Waals surface area contributed by atoms with E-state index in [-0.39, 0.29) is 11.3 Å². The molecular weight excluding hydrogens is 202 g/mol. The van der Waals surface area contributed by atoms with Crippen molar-refractivity contribution < 1.29 is 13.2 Å². The van der Waals surface area contributed by atoms with Gasteiger partial charge >= 0.3 is 0 Å². The summed E-state index contributed by atoms with van der Waals surface area (Å²) in [6.07, 6.45) is 0.787. The van der Waals surface area contributed by atoms with Crippen LogP contribution in [0.2, 0.25) is 0 Å². The highest BCUT2D eigenvalue weighted by atomic mass is 35.5. The molecule has 1 rings (SSSR count). The van der Waals surface area contributed by atoms with Crippen molar-refractivity contribution in [1.29, 1.82) is 0 Å². The first kappa shape index (κ1) is 10.2. The molecule has 1 saturated heterocycles. The Morgan fingerprint density at radius 1 is 1.67 bits per heavy atom. The molecule has 0 aromatic carbocycles. The van der Waals surface area contributed by atoms with Crippen LogP contribution in [0.1, 0.15) is 6.42 Å². The Bertz CT molecular complexity index is 241. The van der Waals surface area contributed by atoms with Crippen molar-refractivity contribution in [3.63, 3.8) is 0 Å². The molecule has 0 spiro atoms. The highest BCUT2D eigenvalue weighted by Crippen LogP contribution is 2.16. The van der Waals surface area contributed by atoms with E-state index in [0.717, 1.165) is 6.42 Å². The van der Waals surface area contributed by atoms with Crippen molar-refractivity contribution in [2.45, 2.75) is 12.5 Å². The minimum atomic E-state index is -3.22. The van der Waals surface area contributed by atoms with Crippen LogP contribution in [0.3, 0.4) is 0 Å². The number of methoxy groups -OCH3 is 1. The zero-order valence-electron chi connectivity index (χ0n) is 6.86. The summed E-state index contributed by atoms with van der Waals surface area (Å²) in [5.74, 6) is 0. The van der Waals surface area contributed by atoms with Gasteiger partial charge in [-0.1, -0.05) is 0 Å². The fourth-order valence-corrected chi connectivity index (χ4v) is 2.54. The maximum atomic E-state index is 11.2. The van der Waals surface area contributed by atoms with Gasteiger partial charge < -0.3 is 4.74 Å². The molecule has 0 amide bonds. The van der Waals surface area contributed by atoms with E-state index in [1.807, 2.05) is 0 Å². The van der Waals surface area contributed by atoms with Crippen molar-refractivity contribution in [1.82, 2.24) is 4.31 Å². The van der Waals surface area contributed by atoms with Gasteiger partial charge in [0.2, 0.25) is 10.0 Å². The van der Waals surface area contributed by atoms with Crippen LogP contribution in [0.5, 0.6) is 0 Å². The standard InChI is InChI=1S/C6H12ClNO3S/c1-11-6-2-3-8(4-6)12(9,10)5-7/h6H,2-5H2,1H3. The Balaban J connectivity index is 2.58. The van der Waals surface area contributed by atoms with Crippen molar-refractivity contribution in [3.05, 3.63) is 0 Å². The number of halogens is 1. The molecule has 0 aromatic heterocycles. The summed E-state index contributed by atoms with van der Waals surface area (Å²) in [4.78, 5) is 0. The maximum absolute atomic E-state index is 11.2. The van der Waals surface area contributed by atoms with E-state index >= 15 is 0 Å². The molecule has 1 aliphatic heterocycles. The van der Waals surface area contributed by atoms with Gasteiger partial charge in [-0.05, 0) is 6.42 Å². The minimum Gasteiger partial charge on any atom is -0.380 e. The largest absolute Gasteiger partial charge is 0.380 e. The Labute approximate surface area is 77.5 Å². The van der Waals surface area contributed by atoms with E-state index in [2.05, 4.69) is 0 Å². The molecule has 4 nitrogen and oxygen atoms in total. The normalized spacial score (nSPS) is 26.3. The number of sulfonamides is 1. The third-order valence-corrected chi connectivity index (χ3v) is 4.19. The van der Waals surface area contributed by atoms with Gasteiger partial charge in [0.05, 0.1) is 6.10 Å². The Morgan fingerprint density at radius 3 is 2.75 bits per heavy atom. The first-order chi connectivity index (χ1) is 5.60. The van der Waals surface area contributed by atoms with Crippen molar-refractivity contribution in [2.75, 3.05) is 25.4 Å². The van der Waals surface area contributed by atoms with E-state index in [1.54, 1.807) is 7.11 Å². The number of rotatable bonds is 3. The smallest absolute Gasteiger partial charge is 0.228 e. The summed E-state index contributed by atoms with van der Waals surface area (Å²) in [6.45, 7) is 0.957. The molecular formula is C6H12ClNO3S. The predicted octanol–water partition coefficient (Wildman–Crippen LogP) is 0.233. The lowest BCUT2D eigenvalue weighted by Crippen LogP contribution is -2.30.